The van der Waals surface area contributed by atoms with Crippen LogP contribution in [0.4, 0.5) is 4.20 Å². The molecule has 0 fully saturated rings. The van der Waals surface area contributed by atoms with E-state index in [1.54, 1.807) is 0 Å². The van der Waals surface area contributed by atoms with E-state index < -0.39 is 8.69 Å². The number of phenols is 1. The van der Waals surface area contributed by atoms with Crippen molar-refractivity contribution in [3.05, 3.63) is 57.6 Å². The van der Waals surface area contributed by atoms with Crippen molar-refractivity contribution in [1.29, 1.82) is 0 Å². The van der Waals surface area contributed by atoms with Gasteiger partial charge in [0, 0.05) is 22.6 Å². The second-order valence-corrected chi connectivity index (χ2v) is 10.5. The van der Waals surface area contributed by atoms with E-state index in [0.29, 0.717) is 5.75 Å². The molecule has 29 heavy (non-hydrogen) atoms. The van der Waals surface area contributed by atoms with Gasteiger partial charge >= 0.3 is 8.69 Å². The molecule has 2 unspecified atom stereocenters. The number of halogens is 1. The second-order valence-electron chi connectivity index (χ2n) is 9.90. The van der Waals surface area contributed by atoms with Gasteiger partial charge in [0.2, 0.25) is 0 Å². The average Bonchev–Trinajstić information content (AvgIpc) is 2.51. The summed E-state index contributed by atoms with van der Waals surface area (Å²) in [5.74, 6) is 0.397. The lowest BCUT2D eigenvalue weighted by molar-refractivity contribution is 0.418. The summed E-state index contributed by atoms with van der Waals surface area (Å²) in [6.45, 7) is 18.2. The zero-order valence-corrected chi connectivity index (χ0v) is 19.9. The number of hydrogen-bond acceptors (Lipinski definition) is 3. The fraction of sp³-hybridized carbons (Fsp3) is 0.500. The van der Waals surface area contributed by atoms with Crippen LogP contribution in [-0.4, -0.2) is 10.00 Å². The van der Waals surface area contributed by atoms with Crippen LogP contribution in [-0.2, 0) is 10.8 Å². The van der Waals surface area contributed by atoms with Gasteiger partial charge in [0.15, 0.2) is 0 Å². The molecular formula is C24H34FO3P. The standard InChI is InChI=1S/C24H34FO3P/c1-14-10-12-17(23(4,5)6)21(26)19(14)16(3)20-15(2)11-13-18(24(7,8)9)22(20)28-29(25)27/h10-13,16,26-27H,1-9H3. The van der Waals surface area contributed by atoms with E-state index >= 15 is 0 Å². The first-order chi connectivity index (χ1) is 13.2. The number of rotatable bonds is 4. The molecule has 0 aliphatic rings. The zero-order chi connectivity index (χ0) is 22.3. The van der Waals surface area contributed by atoms with Crippen LogP contribution < -0.4 is 4.52 Å². The van der Waals surface area contributed by atoms with Crippen molar-refractivity contribution in [2.45, 2.75) is 79.1 Å². The average molecular weight is 421 g/mol. The van der Waals surface area contributed by atoms with Crippen LogP contribution in [0.5, 0.6) is 11.5 Å². The summed E-state index contributed by atoms with van der Waals surface area (Å²) in [6, 6.07) is 7.91. The van der Waals surface area contributed by atoms with Gasteiger partial charge in [-0.25, -0.2) is 0 Å². The van der Waals surface area contributed by atoms with Crippen LogP contribution in [0.1, 0.15) is 87.8 Å². The SMILES string of the molecule is Cc1ccc(C(C)(C)C)c(O)c1C(C)c1c(C)ccc(C(C)(C)C)c1OP(O)F. The Morgan fingerprint density at radius 3 is 1.76 bits per heavy atom. The van der Waals surface area contributed by atoms with Crippen LogP contribution >= 0.6 is 8.69 Å². The fourth-order valence-electron chi connectivity index (χ4n) is 4.01. The minimum absolute atomic E-state index is 0.216. The molecule has 2 atom stereocenters. The fourth-order valence-corrected chi connectivity index (χ4v) is 4.35. The highest BCUT2D eigenvalue weighted by Crippen LogP contribution is 2.49. The maximum Gasteiger partial charge on any atom is 0.436 e. The summed E-state index contributed by atoms with van der Waals surface area (Å²) in [6.07, 6.45) is 0. The van der Waals surface area contributed by atoms with Gasteiger partial charge in [0.25, 0.3) is 0 Å². The number of phenolic OH excluding ortho intramolecular Hbond substituents is 1. The van der Waals surface area contributed by atoms with Crippen molar-refractivity contribution in [2.75, 3.05) is 0 Å². The second kappa shape index (κ2) is 8.24. The van der Waals surface area contributed by atoms with Crippen molar-refractivity contribution in [3.63, 3.8) is 0 Å². The lowest BCUT2D eigenvalue weighted by atomic mass is 9.77. The Balaban J connectivity index is 2.82. The monoisotopic (exact) mass is 420 g/mol. The molecule has 0 saturated heterocycles. The predicted molar refractivity (Wildman–Crippen MR) is 120 cm³/mol. The topological polar surface area (TPSA) is 49.7 Å². The molecule has 5 heteroatoms. The summed E-state index contributed by atoms with van der Waals surface area (Å²) >= 11 is 0. The van der Waals surface area contributed by atoms with Crippen molar-refractivity contribution >= 4 is 8.69 Å². The maximum absolute atomic E-state index is 13.7. The Kier molecular flexibility index (Phi) is 6.72. The van der Waals surface area contributed by atoms with Crippen molar-refractivity contribution in [2.24, 2.45) is 0 Å². The molecule has 0 bridgehead atoms. The van der Waals surface area contributed by atoms with Gasteiger partial charge < -0.3 is 14.5 Å². The molecule has 0 aliphatic heterocycles. The Morgan fingerprint density at radius 2 is 1.31 bits per heavy atom. The Bertz CT molecular complexity index is 892. The van der Waals surface area contributed by atoms with Gasteiger partial charge in [-0.2, -0.15) is 0 Å². The highest BCUT2D eigenvalue weighted by molar-refractivity contribution is 7.40. The van der Waals surface area contributed by atoms with Gasteiger partial charge in [-0.15, -0.1) is 4.20 Å². The predicted octanol–water partition coefficient (Wildman–Crippen LogP) is 7.32. The summed E-state index contributed by atoms with van der Waals surface area (Å²) in [5.41, 5.74) is 4.66. The highest BCUT2D eigenvalue weighted by Gasteiger charge is 2.30. The molecule has 3 nitrogen and oxygen atoms in total. The van der Waals surface area contributed by atoms with Crippen LogP contribution in [0, 0.1) is 13.8 Å². The van der Waals surface area contributed by atoms with Gasteiger partial charge in [-0.3, -0.25) is 0 Å². The molecular weight excluding hydrogens is 386 g/mol. The largest absolute Gasteiger partial charge is 0.507 e. The summed E-state index contributed by atoms with van der Waals surface area (Å²) < 4.78 is 19.0. The van der Waals surface area contributed by atoms with Crippen molar-refractivity contribution < 1.29 is 18.7 Å². The number of hydrogen-bond donors (Lipinski definition) is 2. The van der Waals surface area contributed by atoms with Gasteiger partial charge in [0.1, 0.15) is 11.5 Å². The molecule has 2 N–H and O–H groups in total. The van der Waals surface area contributed by atoms with Crippen molar-refractivity contribution in [1.82, 2.24) is 0 Å². The van der Waals surface area contributed by atoms with Gasteiger partial charge in [-0.05, 0) is 41.4 Å². The normalized spacial score (nSPS) is 14.6. The van der Waals surface area contributed by atoms with Crippen molar-refractivity contribution in [3.8, 4) is 11.5 Å². The van der Waals surface area contributed by atoms with Crippen LogP contribution in [0.25, 0.3) is 0 Å². The van der Waals surface area contributed by atoms with Gasteiger partial charge in [0.05, 0.1) is 0 Å². The number of benzene rings is 2. The smallest absolute Gasteiger partial charge is 0.436 e. The third kappa shape index (κ3) is 4.92. The third-order valence-corrected chi connectivity index (χ3v) is 5.83. The lowest BCUT2D eigenvalue weighted by Gasteiger charge is -2.30. The molecule has 2 aromatic carbocycles. The van der Waals surface area contributed by atoms with E-state index in [4.69, 9.17) is 4.52 Å². The molecule has 2 aromatic rings. The molecule has 0 heterocycles. The first-order valence-electron chi connectivity index (χ1n) is 9.96. The van der Waals surface area contributed by atoms with E-state index in [0.717, 1.165) is 33.4 Å². The quantitative estimate of drug-likeness (QED) is 0.509. The van der Waals surface area contributed by atoms with E-state index in [2.05, 4.69) is 20.8 Å². The van der Waals surface area contributed by atoms with Crippen LogP contribution in [0.3, 0.4) is 0 Å². The molecule has 0 amide bonds. The molecule has 2 rings (SSSR count). The first-order valence-corrected chi connectivity index (χ1v) is 11.1. The number of aryl methyl sites for hydroxylation is 2. The lowest BCUT2D eigenvalue weighted by Crippen LogP contribution is -2.16. The Hall–Kier alpha value is -1.64. The minimum Gasteiger partial charge on any atom is -0.507 e. The molecule has 0 spiro atoms. The van der Waals surface area contributed by atoms with E-state index in [-0.39, 0.29) is 22.5 Å². The zero-order valence-electron chi connectivity index (χ0n) is 19.0. The number of aromatic hydroxyl groups is 1. The van der Waals surface area contributed by atoms with Crippen LogP contribution in [0.15, 0.2) is 24.3 Å². The summed E-state index contributed by atoms with van der Waals surface area (Å²) in [5, 5.41) is 11.2. The maximum atomic E-state index is 13.7. The third-order valence-electron chi connectivity index (χ3n) is 5.50. The highest BCUT2D eigenvalue weighted by atomic mass is 31.2. The first kappa shape index (κ1) is 23.6. The van der Waals surface area contributed by atoms with Gasteiger partial charge in [-0.1, -0.05) is 72.7 Å². The Morgan fingerprint density at radius 1 is 0.862 bits per heavy atom. The Labute approximate surface area is 176 Å². The van der Waals surface area contributed by atoms with Crippen LogP contribution in [0.2, 0.25) is 0 Å². The van der Waals surface area contributed by atoms with E-state index in [1.165, 1.54) is 0 Å². The van der Waals surface area contributed by atoms with E-state index in [1.807, 2.05) is 65.8 Å². The molecule has 160 valence electrons. The summed E-state index contributed by atoms with van der Waals surface area (Å²) in [7, 11) is -3.06. The minimum atomic E-state index is -3.06. The molecule has 0 aromatic heterocycles. The summed E-state index contributed by atoms with van der Waals surface area (Å²) in [4.78, 5) is 9.45. The molecule has 0 aliphatic carbocycles. The molecule has 0 saturated carbocycles. The van der Waals surface area contributed by atoms with E-state index in [9.17, 15) is 14.2 Å². The molecule has 0 radical (unpaired) electrons.